The monoisotopic (exact) mass is 338 g/mol. The van der Waals surface area contributed by atoms with E-state index in [9.17, 15) is 0 Å². The van der Waals surface area contributed by atoms with Gasteiger partial charge in [-0.15, -0.1) is 11.3 Å². The molecule has 0 spiro atoms. The average molecular weight is 340 g/mol. The Morgan fingerprint density at radius 2 is 2.15 bits per heavy atom. The predicted octanol–water partition coefficient (Wildman–Crippen LogP) is 5.21. The van der Waals surface area contributed by atoms with Crippen molar-refractivity contribution < 1.29 is 0 Å². The second kappa shape index (κ2) is 3.89. The van der Waals surface area contributed by atoms with Crippen molar-refractivity contribution in [2.75, 3.05) is 0 Å². The molecule has 4 heteroatoms. The van der Waals surface area contributed by atoms with Gasteiger partial charge in [-0.25, -0.2) is 0 Å². The summed E-state index contributed by atoms with van der Waals surface area (Å²) < 4.78 is 2.35. The summed E-state index contributed by atoms with van der Waals surface area (Å²) >= 11 is 14.9. The maximum atomic E-state index is 6.09. The fourth-order valence-corrected chi connectivity index (χ4v) is 4.56. The highest BCUT2D eigenvalue weighted by Crippen LogP contribution is 2.40. The van der Waals surface area contributed by atoms with Crippen LogP contribution in [0.5, 0.6) is 0 Å². The van der Waals surface area contributed by atoms with Crippen molar-refractivity contribution in [1.29, 1.82) is 0 Å². The largest absolute Gasteiger partial charge is 0.138 e. The number of alkyl halides is 1. The maximum absolute atomic E-state index is 6.09. The highest BCUT2D eigenvalue weighted by Gasteiger charge is 2.10. The van der Waals surface area contributed by atoms with Gasteiger partial charge in [0.05, 0.1) is 5.02 Å². The fourth-order valence-electron chi connectivity index (χ4n) is 1.21. The lowest BCUT2D eigenvalue weighted by Crippen LogP contribution is -1.69. The van der Waals surface area contributed by atoms with Crippen LogP contribution in [-0.4, -0.2) is 0 Å². The Labute approximate surface area is 102 Å². The van der Waals surface area contributed by atoms with Gasteiger partial charge in [-0.3, -0.25) is 0 Å². The summed E-state index contributed by atoms with van der Waals surface area (Å²) in [6.07, 6.45) is 0. The molecule has 1 aromatic carbocycles. The van der Waals surface area contributed by atoms with Gasteiger partial charge in [0.15, 0.2) is 0 Å². The Morgan fingerprint density at radius 3 is 2.77 bits per heavy atom. The standard InChI is InChI=1S/C9H5Br2ClS/c10-4-7-9(11)8-5(12)2-1-3-6(8)13-7/h1-3H,4H2. The number of thiophene rings is 1. The summed E-state index contributed by atoms with van der Waals surface area (Å²) in [5.74, 6) is 0. The van der Waals surface area contributed by atoms with Crippen LogP contribution in [-0.2, 0) is 5.33 Å². The minimum absolute atomic E-state index is 0.813. The first-order valence-electron chi connectivity index (χ1n) is 3.65. The summed E-state index contributed by atoms with van der Waals surface area (Å²) in [4.78, 5) is 1.28. The minimum atomic E-state index is 0.813. The Morgan fingerprint density at radius 1 is 1.38 bits per heavy atom. The Bertz CT molecular complexity index is 450. The molecule has 0 aliphatic rings. The van der Waals surface area contributed by atoms with E-state index in [1.807, 2.05) is 12.1 Å². The summed E-state index contributed by atoms with van der Waals surface area (Å²) in [7, 11) is 0. The average Bonchev–Trinajstić information content (AvgIpc) is 2.44. The Balaban J connectivity index is 2.85. The molecule has 0 N–H and O–H groups in total. The third kappa shape index (κ3) is 1.67. The van der Waals surface area contributed by atoms with Crippen molar-refractivity contribution in [3.05, 3.63) is 32.6 Å². The van der Waals surface area contributed by atoms with Crippen LogP contribution >= 0.6 is 54.8 Å². The first-order chi connectivity index (χ1) is 6.24. The zero-order valence-electron chi connectivity index (χ0n) is 6.48. The molecule has 0 bridgehead atoms. The molecule has 0 saturated carbocycles. The summed E-state index contributed by atoms with van der Waals surface area (Å²) in [6.45, 7) is 0. The van der Waals surface area contributed by atoms with Crippen LogP contribution in [0.25, 0.3) is 10.1 Å². The van der Waals surface area contributed by atoms with Gasteiger partial charge in [-0.05, 0) is 28.1 Å². The molecule has 0 amide bonds. The van der Waals surface area contributed by atoms with Gasteiger partial charge in [0.25, 0.3) is 0 Å². The van der Waals surface area contributed by atoms with E-state index in [2.05, 4.69) is 37.9 Å². The van der Waals surface area contributed by atoms with Crippen molar-refractivity contribution in [3.63, 3.8) is 0 Å². The topological polar surface area (TPSA) is 0 Å². The lowest BCUT2D eigenvalue weighted by molar-refractivity contribution is 1.56. The molecule has 0 atom stereocenters. The van der Waals surface area contributed by atoms with Crippen molar-refractivity contribution in [2.24, 2.45) is 0 Å². The summed E-state index contributed by atoms with van der Waals surface area (Å²) in [5.41, 5.74) is 0. The molecule has 0 nitrogen and oxygen atoms in total. The fraction of sp³-hybridized carbons (Fsp3) is 0.111. The van der Waals surface area contributed by atoms with E-state index in [0.29, 0.717) is 0 Å². The normalized spacial score (nSPS) is 11.0. The number of halogens is 3. The van der Waals surface area contributed by atoms with Crippen molar-refractivity contribution in [1.82, 2.24) is 0 Å². The minimum Gasteiger partial charge on any atom is -0.138 e. The first kappa shape index (κ1) is 9.97. The van der Waals surface area contributed by atoms with E-state index < -0.39 is 0 Å². The number of benzene rings is 1. The van der Waals surface area contributed by atoms with Crippen LogP contribution in [0.15, 0.2) is 22.7 Å². The SMILES string of the molecule is Clc1cccc2sc(CBr)c(Br)c12. The van der Waals surface area contributed by atoms with E-state index in [0.717, 1.165) is 20.2 Å². The van der Waals surface area contributed by atoms with Gasteiger partial charge >= 0.3 is 0 Å². The molecular formula is C9H5Br2ClS. The Hall–Kier alpha value is 0.430. The molecule has 1 heterocycles. The molecule has 2 rings (SSSR count). The lowest BCUT2D eigenvalue weighted by Gasteiger charge is -1.93. The van der Waals surface area contributed by atoms with Crippen LogP contribution in [0.4, 0.5) is 0 Å². The summed E-state index contributed by atoms with van der Waals surface area (Å²) in [5, 5.41) is 2.81. The van der Waals surface area contributed by atoms with E-state index >= 15 is 0 Å². The quantitative estimate of drug-likeness (QED) is 0.625. The van der Waals surface area contributed by atoms with Gasteiger partial charge < -0.3 is 0 Å². The van der Waals surface area contributed by atoms with Gasteiger partial charge in [-0.2, -0.15) is 0 Å². The third-order valence-electron chi connectivity index (χ3n) is 1.79. The van der Waals surface area contributed by atoms with Crippen molar-refractivity contribution >= 4 is 64.9 Å². The van der Waals surface area contributed by atoms with E-state index in [-0.39, 0.29) is 0 Å². The van der Waals surface area contributed by atoms with Crippen LogP contribution in [0.3, 0.4) is 0 Å². The summed E-state index contributed by atoms with van der Waals surface area (Å²) in [6, 6.07) is 5.98. The van der Waals surface area contributed by atoms with Crippen LogP contribution < -0.4 is 0 Å². The molecule has 0 aliphatic carbocycles. The zero-order valence-corrected chi connectivity index (χ0v) is 11.2. The molecule has 0 radical (unpaired) electrons. The Kier molecular flexibility index (Phi) is 2.98. The molecule has 2 aromatic rings. The van der Waals surface area contributed by atoms with E-state index in [1.54, 1.807) is 11.3 Å². The molecule has 68 valence electrons. The number of hydrogen-bond donors (Lipinski definition) is 0. The smallest absolute Gasteiger partial charge is 0.0504 e. The predicted molar refractivity (Wildman–Crippen MR) is 67.2 cm³/mol. The number of hydrogen-bond acceptors (Lipinski definition) is 1. The molecule has 0 aliphatic heterocycles. The molecule has 1 aromatic heterocycles. The van der Waals surface area contributed by atoms with Crippen molar-refractivity contribution in [2.45, 2.75) is 5.33 Å². The van der Waals surface area contributed by atoms with Gasteiger partial charge in [-0.1, -0.05) is 33.6 Å². The first-order valence-corrected chi connectivity index (χ1v) is 6.76. The molecule has 13 heavy (non-hydrogen) atoms. The van der Waals surface area contributed by atoms with E-state index in [1.165, 1.54) is 9.58 Å². The maximum Gasteiger partial charge on any atom is 0.0504 e. The molecule has 0 fully saturated rings. The highest BCUT2D eigenvalue weighted by atomic mass is 79.9. The molecular weight excluding hydrogens is 335 g/mol. The second-order valence-corrected chi connectivity index (χ2v) is 5.48. The molecule has 0 saturated heterocycles. The zero-order chi connectivity index (χ0) is 9.42. The third-order valence-corrected chi connectivity index (χ3v) is 5.33. The number of rotatable bonds is 1. The number of fused-ring (bicyclic) bond motifs is 1. The van der Waals surface area contributed by atoms with Gasteiger partial charge in [0.2, 0.25) is 0 Å². The molecule has 0 unspecified atom stereocenters. The second-order valence-electron chi connectivity index (χ2n) is 2.59. The van der Waals surface area contributed by atoms with E-state index in [4.69, 9.17) is 11.6 Å². The van der Waals surface area contributed by atoms with Crippen LogP contribution in [0.1, 0.15) is 4.88 Å². The van der Waals surface area contributed by atoms with Crippen molar-refractivity contribution in [3.8, 4) is 0 Å². The highest BCUT2D eigenvalue weighted by molar-refractivity contribution is 9.11. The van der Waals surface area contributed by atoms with Gasteiger partial charge in [0, 0.05) is 24.8 Å². The van der Waals surface area contributed by atoms with Crippen LogP contribution in [0, 0.1) is 0 Å². The lowest BCUT2D eigenvalue weighted by atomic mass is 10.2. The van der Waals surface area contributed by atoms with Gasteiger partial charge in [0.1, 0.15) is 0 Å². The van der Waals surface area contributed by atoms with Crippen LogP contribution in [0.2, 0.25) is 5.02 Å².